The highest BCUT2D eigenvalue weighted by molar-refractivity contribution is 5.94. The SMILES string of the molecule is N#Cc1c(CCCNC(=O)c2ccc([N+](=O)[O-])cc2)nn(-c2ccc(F)cc2)c1N. The number of amides is 1. The zero-order chi connectivity index (χ0) is 21.7. The fourth-order valence-corrected chi connectivity index (χ4v) is 2.85. The van der Waals surface area contributed by atoms with Gasteiger partial charge in [0.1, 0.15) is 23.3 Å². The van der Waals surface area contributed by atoms with Crippen LogP contribution in [0.2, 0.25) is 0 Å². The summed E-state index contributed by atoms with van der Waals surface area (Å²) in [5, 5.41) is 27.1. The number of nitriles is 1. The molecule has 0 spiro atoms. The van der Waals surface area contributed by atoms with Gasteiger partial charge >= 0.3 is 0 Å². The van der Waals surface area contributed by atoms with Crippen LogP contribution in [0.3, 0.4) is 0 Å². The Morgan fingerprint density at radius 3 is 2.50 bits per heavy atom. The number of benzene rings is 2. The number of aryl methyl sites for hydroxylation is 1. The lowest BCUT2D eigenvalue weighted by molar-refractivity contribution is -0.384. The summed E-state index contributed by atoms with van der Waals surface area (Å²) in [7, 11) is 0. The molecule has 1 heterocycles. The second-order valence-corrected chi connectivity index (χ2v) is 6.37. The van der Waals surface area contributed by atoms with Gasteiger partial charge < -0.3 is 11.1 Å². The summed E-state index contributed by atoms with van der Waals surface area (Å²) in [5.74, 6) is -0.593. The number of carbonyl (C=O) groups excluding carboxylic acids is 1. The molecule has 0 aliphatic carbocycles. The van der Waals surface area contributed by atoms with E-state index in [1.165, 1.54) is 53.2 Å². The number of nitro groups is 1. The van der Waals surface area contributed by atoms with Gasteiger partial charge in [-0.3, -0.25) is 14.9 Å². The van der Waals surface area contributed by atoms with Crippen molar-refractivity contribution in [2.45, 2.75) is 12.8 Å². The number of carbonyl (C=O) groups is 1. The van der Waals surface area contributed by atoms with Gasteiger partial charge in [0.25, 0.3) is 11.6 Å². The van der Waals surface area contributed by atoms with Crippen LogP contribution in [0, 0.1) is 27.3 Å². The molecular weight excluding hydrogens is 391 g/mol. The molecule has 9 nitrogen and oxygen atoms in total. The molecule has 0 saturated carbocycles. The van der Waals surface area contributed by atoms with Crippen LogP contribution in [-0.2, 0) is 6.42 Å². The summed E-state index contributed by atoms with van der Waals surface area (Å²) in [6.07, 6.45) is 0.884. The molecule has 1 aromatic heterocycles. The summed E-state index contributed by atoms with van der Waals surface area (Å²) < 4.78 is 14.5. The highest BCUT2D eigenvalue weighted by atomic mass is 19.1. The van der Waals surface area contributed by atoms with E-state index in [0.29, 0.717) is 36.3 Å². The van der Waals surface area contributed by atoms with Crippen molar-refractivity contribution in [3.8, 4) is 11.8 Å². The monoisotopic (exact) mass is 408 g/mol. The largest absolute Gasteiger partial charge is 0.382 e. The average Bonchev–Trinajstić information content (AvgIpc) is 3.06. The fraction of sp³-hybridized carbons (Fsp3) is 0.150. The highest BCUT2D eigenvalue weighted by Gasteiger charge is 2.16. The van der Waals surface area contributed by atoms with Gasteiger partial charge in [0, 0.05) is 24.2 Å². The van der Waals surface area contributed by atoms with Crippen molar-refractivity contribution in [3.63, 3.8) is 0 Å². The molecule has 3 N–H and O–H groups in total. The van der Waals surface area contributed by atoms with E-state index in [1.54, 1.807) is 0 Å². The number of rotatable bonds is 7. The van der Waals surface area contributed by atoms with Crippen LogP contribution < -0.4 is 11.1 Å². The molecular formula is C20H17FN6O3. The van der Waals surface area contributed by atoms with Crippen LogP contribution in [0.1, 0.15) is 28.0 Å². The topological polar surface area (TPSA) is 140 Å². The Kier molecular flexibility index (Phi) is 6.03. The van der Waals surface area contributed by atoms with Crippen molar-refractivity contribution >= 4 is 17.4 Å². The molecule has 2 aromatic carbocycles. The van der Waals surface area contributed by atoms with Gasteiger partial charge in [-0.2, -0.15) is 10.4 Å². The highest BCUT2D eigenvalue weighted by Crippen LogP contribution is 2.21. The van der Waals surface area contributed by atoms with E-state index in [4.69, 9.17) is 5.73 Å². The third kappa shape index (κ3) is 4.41. The molecule has 0 unspecified atom stereocenters. The summed E-state index contributed by atoms with van der Waals surface area (Å²) >= 11 is 0. The summed E-state index contributed by atoms with van der Waals surface area (Å²) in [6, 6.07) is 12.9. The normalized spacial score (nSPS) is 10.4. The molecule has 3 aromatic rings. The number of nitrogens with zero attached hydrogens (tertiary/aromatic N) is 4. The number of hydrogen-bond acceptors (Lipinski definition) is 6. The Balaban J connectivity index is 1.61. The van der Waals surface area contributed by atoms with E-state index in [-0.39, 0.29) is 23.0 Å². The Labute approximate surface area is 170 Å². The Hall–Kier alpha value is -4.26. The molecule has 152 valence electrons. The maximum Gasteiger partial charge on any atom is 0.269 e. The van der Waals surface area contributed by atoms with E-state index in [9.17, 15) is 24.6 Å². The second-order valence-electron chi connectivity index (χ2n) is 6.37. The van der Waals surface area contributed by atoms with Crippen LogP contribution in [0.25, 0.3) is 5.69 Å². The smallest absolute Gasteiger partial charge is 0.269 e. The standard InChI is InChI=1S/C20H17FN6O3/c21-14-5-9-15(10-6-14)26-19(23)17(12-22)18(25-26)2-1-11-24-20(28)13-3-7-16(8-4-13)27(29)30/h3-10H,1-2,11,23H2,(H,24,28). The lowest BCUT2D eigenvalue weighted by Gasteiger charge is -2.05. The van der Waals surface area contributed by atoms with Crippen LogP contribution in [0.4, 0.5) is 15.9 Å². The second kappa shape index (κ2) is 8.83. The first-order valence-electron chi connectivity index (χ1n) is 8.96. The molecule has 0 bridgehead atoms. The summed E-state index contributed by atoms with van der Waals surface area (Å²) in [5.41, 5.74) is 7.47. The van der Waals surface area contributed by atoms with Crippen molar-refractivity contribution in [3.05, 3.63) is 81.3 Å². The number of nitro benzene ring substituents is 1. The zero-order valence-corrected chi connectivity index (χ0v) is 15.7. The first-order chi connectivity index (χ1) is 14.4. The Morgan fingerprint density at radius 2 is 1.90 bits per heavy atom. The van der Waals surface area contributed by atoms with E-state index in [2.05, 4.69) is 10.4 Å². The lowest BCUT2D eigenvalue weighted by atomic mass is 10.1. The molecule has 1 amide bonds. The molecule has 0 aliphatic heterocycles. The van der Waals surface area contributed by atoms with Gasteiger partial charge in [-0.15, -0.1) is 0 Å². The minimum absolute atomic E-state index is 0.0927. The van der Waals surface area contributed by atoms with Gasteiger partial charge in [0.05, 0.1) is 16.3 Å². The minimum Gasteiger partial charge on any atom is -0.382 e. The number of aromatic nitrogens is 2. The zero-order valence-electron chi connectivity index (χ0n) is 15.7. The van der Waals surface area contributed by atoms with Crippen molar-refractivity contribution < 1.29 is 14.1 Å². The van der Waals surface area contributed by atoms with E-state index in [1.807, 2.05) is 6.07 Å². The number of nitrogens with one attached hydrogen (secondary N) is 1. The molecule has 0 saturated heterocycles. The van der Waals surface area contributed by atoms with Crippen LogP contribution in [0.15, 0.2) is 48.5 Å². The van der Waals surface area contributed by atoms with Crippen LogP contribution >= 0.6 is 0 Å². The predicted molar refractivity (Wildman–Crippen MR) is 106 cm³/mol. The fourth-order valence-electron chi connectivity index (χ4n) is 2.85. The van der Waals surface area contributed by atoms with Crippen molar-refractivity contribution in [2.24, 2.45) is 0 Å². The number of non-ortho nitro benzene ring substituents is 1. The maximum absolute atomic E-state index is 13.1. The quantitative estimate of drug-likeness (QED) is 0.350. The first-order valence-corrected chi connectivity index (χ1v) is 8.96. The van der Waals surface area contributed by atoms with Crippen molar-refractivity contribution in [2.75, 3.05) is 12.3 Å². The summed E-state index contributed by atoms with van der Waals surface area (Å²) in [6.45, 7) is 0.310. The van der Waals surface area contributed by atoms with Crippen molar-refractivity contribution in [1.82, 2.24) is 15.1 Å². The number of halogens is 1. The molecule has 0 fully saturated rings. The van der Waals surface area contributed by atoms with Crippen LogP contribution in [0.5, 0.6) is 0 Å². The molecule has 0 aliphatic rings. The molecule has 30 heavy (non-hydrogen) atoms. The van der Waals surface area contributed by atoms with Gasteiger partial charge in [-0.25, -0.2) is 9.07 Å². The first kappa shape index (κ1) is 20.5. The Bertz CT molecular complexity index is 1120. The third-order valence-electron chi connectivity index (χ3n) is 4.39. The number of hydrogen-bond donors (Lipinski definition) is 2. The number of nitrogens with two attached hydrogens (primary N) is 1. The van der Waals surface area contributed by atoms with Gasteiger partial charge in [0.15, 0.2) is 0 Å². The predicted octanol–water partition coefficient (Wildman–Crippen LogP) is 2.74. The van der Waals surface area contributed by atoms with Gasteiger partial charge in [-0.05, 0) is 49.2 Å². The van der Waals surface area contributed by atoms with Crippen LogP contribution in [-0.4, -0.2) is 27.2 Å². The third-order valence-corrected chi connectivity index (χ3v) is 4.39. The molecule has 0 radical (unpaired) electrons. The molecule has 3 rings (SSSR count). The number of nitrogen functional groups attached to an aromatic ring is 1. The average molecular weight is 408 g/mol. The van der Waals surface area contributed by atoms with E-state index in [0.717, 1.165) is 0 Å². The molecule has 10 heteroatoms. The summed E-state index contributed by atoms with van der Waals surface area (Å²) in [4.78, 5) is 22.3. The molecule has 0 atom stereocenters. The number of anilines is 1. The lowest BCUT2D eigenvalue weighted by Crippen LogP contribution is -2.24. The Morgan fingerprint density at radius 1 is 1.23 bits per heavy atom. The van der Waals surface area contributed by atoms with Gasteiger partial charge in [-0.1, -0.05) is 0 Å². The van der Waals surface area contributed by atoms with Gasteiger partial charge in [0.2, 0.25) is 0 Å². The van der Waals surface area contributed by atoms with Crippen molar-refractivity contribution in [1.29, 1.82) is 5.26 Å². The maximum atomic E-state index is 13.1. The van der Waals surface area contributed by atoms with E-state index < -0.39 is 10.7 Å². The van der Waals surface area contributed by atoms with E-state index >= 15 is 0 Å². The minimum atomic E-state index is -0.536.